The summed E-state index contributed by atoms with van der Waals surface area (Å²) in [6.45, 7) is 9.96. The maximum absolute atomic E-state index is 5.72. The smallest absolute Gasteiger partial charge is 0.0827 e. The van der Waals surface area contributed by atoms with Crippen molar-refractivity contribution in [3.63, 3.8) is 0 Å². The van der Waals surface area contributed by atoms with Crippen LogP contribution in [0, 0.1) is 0 Å². The van der Waals surface area contributed by atoms with Crippen LogP contribution in [0.1, 0.15) is 97.6 Å². The Morgan fingerprint density at radius 2 is 1.50 bits per heavy atom. The highest BCUT2D eigenvalue weighted by Gasteiger charge is 2.09. The van der Waals surface area contributed by atoms with Gasteiger partial charge >= 0.3 is 0 Å². The van der Waals surface area contributed by atoms with Gasteiger partial charge in [-0.15, -0.1) is 5.10 Å². The number of hydrogen-bond acceptors (Lipinski definition) is 3. The summed E-state index contributed by atoms with van der Waals surface area (Å²) in [7, 11) is 0. The van der Waals surface area contributed by atoms with Gasteiger partial charge in [0, 0.05) is 6.20 Å². The van der Waals surface area contributed by atoms with Crippen molar-refractivity contribution in [2.45, 2.75) is 110 Å². The second kappa shape index (κ2) is 12.5. The van der Waals surface area contributed by atoms with E-state index in [1.165, 1.54) is 64.2 Å². The first-order valence-electron chi connectivity index (χ1n) is 10.0. The maximum atomic E-state index is 5.72. The predicted molar refractivity (Wildman–Crippen MR) is 101 cm³/mol. The number of hydrogen-bond donors (Lipinski definition) is 0. The van der Waals surface area contributed by atoms with E-state index in [4.69, 9.17) is 4.74 Å². The van der Waals surface area contributed by atoms with Gasteiger partial charge in [-0.25, -0.2) is 4.68 Å². The molecule has 0 aliphatic heterocycles. The SMILES string of the molecule is CCCCCCCCCCCCc1cn(CCOC(C)(C)C)nn1. The molecule has 1 aromatic rings. The van der Waals surface area contributed by atoms with E-state index in [1.54, 1.807) is 0 Å². The molecule has 0 saturated heterocycles. The molecule has 1 heterocycles. The zero-order valence-corrected chi connectivity index (χ0v) is 16.5. The molecule has 0 saturated carbocycles. The van der Waals surface area contributed by atoms with Crippen LogP contribution in [0.25, 0.3) is 0 Å². The first-order valence-corrected chi connectivity index (χ1v) is 10.0. The van der Waals surface area contributed by atoms with Crippen LogP contribution in [0.2, 0.25) is 0 Å². The lowest BCUT2D eigenvalue weighted by atomic mass is 10.1. The van der Waals surface area contributed by atoms with Crippen molar-refractivity contribution in [2.24, 2.45) is 0 Å². The summed E-state index contributed by atoms with van der Waals surface area (Å²) in [5.74, 6) is 0. The first-order chi connectivity index (χ1) is 11.5. The Kier molecular flexibility index (Phi) is 11.0. The van der Waals surface area contributed by atoms with Gasteiger partial charge in [0.25, 0.3) is 0 Å². The zero-order valence-electron chi connectivity index (χ0n) is 16.5. The number of aromatic nitrogens is 3. The normalized spacial score (nSPS) is 12.0. The Bertz CT molecular complexity index is 409. The van der Waals surface area contributed by atoms with Gasteiger partial charge in [-0.1, -0.05) is 69.9 Å². The van der Waals surface area contributed by atoms with Crippen molar-refractivity contribution in [2.75, 3.05) is 6.61 Å². The van der Waals surface area contributed by atoms with E-state index >= 15 is 0 Å². The van der Waals surface area contributed by atoms with Gasteiger partial charge in [-0.3, -0.25) is 0 Å². The molecular formula is C20H39N3O. The molecule has 0 spiro atoms. The van der Waals surface area contributed by atoms with Crippen molar-refractivity contribution in [1.82, 2.24) is 15.0 Å². The van der Waals surface area contributed by atoms with E-state index in [0.29, 0.717) is 6.61 Å². The Hall–Kier alpha value is -0.900. The van der Waals surface area contributed by atoms with Crippen molar-refractivity contribution >= 4 is 0 Å². The van der Waals surface area contributed by atoms with Crippen LogP contribution in [0.15, 0.2) is 6.20 Å². The summed E-state index contributed by atoms with van der Waals surface area (Å²) in [5, 5.41) is 8.45. The minimum absolute atomic E-state index is 0.0839. The quantitative estimate of drug-likeness (QED) is 0.417. The molecule has 0 radical (unpaired) electrons. The van der Waals surface area contributed by atoms with Gasteiger partial charge in [0.1, 0.15) is 0 Å². The van der Waals surface area contributed by atoms with E-state index in [-0.39, 0.29) is 5.60 Å². The van der Waals surface area contributed by atoms with Crippen molar-refractivity contribution in [1.29, 1.82) is 0 Å². The van der Waals surface area contributed by atoms with E-state index in [0.717, 1.165) is 18.7 Å². The molecule has 0 atom stereocenters. The Labute approximate surface area is 149 Å². The highest BCUT2D eigenvalue weighted by Crippen LogP contribution is 2.12. The molecule has 0 aliphatic rings. The highest BCUT2D eigenvalue weighted by atomic mass is 16.5. The topological polar surface area (TPSA) is 39.9 Å². The van der Waals surface area contributed by atoms with Gasteiger partial charge in [-0.2, -0.15) is 0 Å². The molecule has 24 heavy (non-hydrogen) atoms. The monoisotopic (exact) mass is 337 g/mol. The van der Waals surface area contributed by atoms with Crippen molar-refractivity contribution in [3.8, 4) is 0 Å². The largest absolute Gasteiger partial charge is 0.374 e. The average molecular weight is 338 g/mol. The van der Waals surface area contributed by atoms with Crippen LogP contribution >= 0.6 is 0 Å². The van der Waals surface area contributed by atoms with Gasteiger partial charge < -0.3 is 4.74 Å². The third kappa shape index (κ3) is 11.6. The van der Waals surface area contributed by atoms with E-state index in [1.807, 2.05) is 4.68 Å². The molecule has 0 aliphatic carbocycles. The highest BCUT2D eigenvalue weighted by molar-refractivity contribution is 4.92. The van der Waals surface area contributed by atoms with Gasteiger partial charge in [-0.05, 0) is 33.6 Å². The number of unbranched alkanes of at least 4 members (excludes halogenated alkanes) is 9. The molecule has 0 aromatic carbocycles. The fourth-order valence-electron chi connectivity index (χ4n) is 2.80. The standard InChI is InChI=1S/C20H39N3O/c1-5-6-7-8-9-10-11-12-13-14-15-19-18-23(22-21-19)16-17-24-20(2,3)4/h18H,5-17H2,1-4H3. The van der Waals surface area contributed by atoms with Crippen LogP contribution in [-0.2, 0) is 17.7 Å². The summed E-state index contributed by atoms with van der Waals surface area (Å²) in [4.78, 5) is 0. The van der Waals surface area contributed by atoms with Crippen LogP contribution in [0.3, 0.4) is 0 Å². The molecule has 0 bridgehead atoms. The van der Waals surface area contributed by atoms with E-state index < -0.39 is 0 Å². The number of aryl methyl sites for hydroxylation is 1. The van der Waals surface area contributed by atoms with E-state index in [9.17, 15) is 0 Å². The second-order valence-electron chi connectivity index (χ2n) is 7.87. The molecule has 1 rings (SSSR count). The lowest BCUT2D eigenvalue weighted by Gasteiger charge is -2.19. The molecule has 140 valence electrons. The molecule has 1 aromatic heterocycles. The van der Waals surface area contributed by atoms with Gasteiger partial charge in [0.15, 0.2) is 0 Å². The van der Waals surface area contributed by atoms with Crippen LogP contribution < -0.4 is 0 Å². The second-order valence-corrected chi connectivity index (χ2v) is 7.87. The number of rotatable bonds is 14. The number of ether oxygens (including phenoxy) is 1. The maximum Gasteiger partial charge on any atom is 0.0827 e. The fourth-order valence-corrected chi connectivity index (χ4v) is 2.80. The van der Waals surface area contributed by atoms with Crippen LogP contribution in [0.4, 0.5) is 0 Å². The lowest BCUT2D eigenvalue weighted by molar-refractivity contribution is -0.00805. The Morgan fingerprint density at radius 1 is 0.917 bits per heavy atom. The zero-order chi connectivity index (χ0) is 17.7. The molecule has 4 nitrogen and oxygen atoms in total. The average Bonchev–Trinajstić information content (AvgIpc) is 2.96. The summed E-state index contributed by atoms with van der Waals surface area (Å²) in [6, 6.07) is 0. The summed E-state index contributed by atoms with van der Waals surface area (Å²) >= 11 is 0. The number of nitrogens with zero attached hydrogens (tertiary/aromatic N) is 3. The predicted octanol–water partition coefficient (Wildman–Crippen LogP) is 5.56. The minimum Gasteiger partial charge on any atom is -0.374 e. The van der Waals surface area contributed by atoms with Crippen LogP contribution in [0.5, 0.6) is 0 Å². The van der Waals surface area contributed by atoms with Gasteiger partial charge in [0.2, 0.25) is 0 Å². The molecule has 0 amide bonds. The third-order valence-corrected chi connectivity index (χ3v) is 4.23. The van der Waals surface area contributed by atoms with Crippen molar-refractivity contribution < 1.29 is 4.74 Å². The minimum atomic E-state index is -0.0839. The van der Waals surface area contributed by atoms with E-state index in [2.05, 4.69) is 44.2 Å². The molecular weight excluding hydrogens is 298 g/mol. The molecule has 0 N–H and O–H groups in total. The lowest BCUT2D eigenvalue weighted by Crippen LogP contribution is -2.22. The third-order valence-electron chi connectivity index (χ3n) is 4.23. The van der Waals surface area contributed by atoms with Gasteiger partial charge in [0.05, 0.1) is 24.4 Å². The Morgan fingerprint density at radius 3 is 2.08 bits per heavy atom. The molecule has 0 unspecified atom stereocenters. The summed E-state index contributed by atoms with van der Waals surface area (Å²) < 4.78 is 7.62. The molecule has 4 heteroatoms. The van der Waals surface area contributed by atoms with Crippen LogP contribution in [-0.4, -0.2) is 27.2 Å². The van der Waals surface area contributed by atoms with Crippen molar-refractivity contribution in [3.05, 3.63) is 11.9 Å². The fraction of sp³-hybridized carbons (Fsp3) is 0.900. The molecule has 0 fully saturated rings. The first kappa shape index (κ1) is 21.1. The summed E-state index contributed by atoms with van der Waals surface area (Å²) in [6.07, 6.45) is 16.8. The Balaban J connectivity index is 1.98. The summed E-state index contributed by atoms with van der Waals surface area (Å²) in [5.41, 5.74) is 1.03.